The Kier molecular flexibility index (Phi) is 12.6. The quantitative estimate of drug-likeness (QED) is 0.121. The minimum absolute atomic E-state index is 1.07. The highest BCUT2D eigenvalue weighted by atomic mass is 15.1. The first kappa shape index (κ1) is 50.1. The van der Waals surface area contributed by atoms with Crippen LogP contribution < -0.4 is 9.80 Å². The number of aryl methyl sites for hydroxylation is 2. The minimum atomic E-state index is 1.07. The molecule has 4 heteroatoms. The third-order valence-electron chi connectivity index (χ3n) is 16.6. The van der Waals surface area contributed by atoms with Crippen LogP contribution in [0.4, 0.5) is 34.1 Å². The number of hydrogen-bond acceptors (Lipinski definition) is 2. The first-order valence-corrected chi connectivity index (χ1v) is 28.9. The highest BCUT2D eigenvalue weighted by Crippen LogP contribution is 2.43. The molecule has 0 aliphatic heterocycles. The molecule has 0 N–H and O–H groups in total. The Morgan fingerprint density at radius 3 is 0.881 bits per heavy atom. The first-order chi connectivity index (χ1) is 41.4. The van der Waals surface area contributed by atoms with Gasteiger partial charge in [0.2, 0.25) is 0 Å². The second-order valence-corrected chi connectivity index (χ2v) is 22.0. The summed E-state index contributed by atoms with van der Waals surface area (Å²) in [4.78, 5) is 4.74. The van der Waals surface area contributed by atoms with Crippen LogP contribution in [0.5, 0.6) is 0 Å². The normalized spacial score (nSPS) is 11.5. The van der Waals surface area contributed by atoms with E-state index in [1.54, 1.807) is 0 Å². The largest absolute Gasteiger partial charge is 0.310 e. The average Bonchev–Trinajstić information content (AvgIpc) is 2.98. The predicted octanol–water partition coefficient (Wildman–Crippen LogP) is 22.1. The molecule has 398 valence electrons. The van der Waals surface area contributed by atoms with Crippen molar-refractivity contribution < 1.29 is 0 Å². The zero-order valence-corrected chi connectivity index (χ0v) is 46.8. The van der Waals surface area contributed by atoms with Crippen molar-refractivity contribution in [3.63, 3.8) is 0 Å². The van der Waals surface area contributed by atoms with Gasteiger partial charge < -0.3 is 18.9 Å². The topological polar surface area (TPSA) is 16.3 Å². The number of rotatable bonds is 12. The van der Waals surface area contributed by atoms with Crippen molar-refractivity contribution in [1.82, 2.24) is 9.13 Å². The van der Waals surface area contributed by atoms with Crippen molar-refractivity contribution >= 4 is 77.5 Å². The molecule has 0 amide bonds. The Morgan fingerprint density at radius 1 is 0.214 bits per heavy atom. The van der Waals surface area contributed by atoms with Gasteiger partial charge in [-0.15, -0.1) is 0 Å². The Morgan fingerprint density at radius 2 is 0.512 bits per heavy atom. The molecule has 0 aliphatic carbocycles. The highest BCUT2D eigenvalue weighted by molar-refractivity contribution is 6.03. The van der Waals surface area contributed by atoms with E-state index in [0.717, 1.165) is 89.8 Å². The number of nitrogens with zero attached hydrogens (tertiary/aromatic N) is 4. The number of benzene rings is 13. The van der Waals surface area contributed by atoms with E-state index in [-0.39, 0.29) is 0 Å². The summed E-state index contributed by atoms with van der Waals surface area (Å²) in [5.74, 6) is 0. The smallest absolute Gasteiger partial charge is 0.0542 e. The van der Waals surface area contributed by atoms with E-state index in [9.17, 15) is 0 Å². The predicted molar refractivity (Wildman–Crippen MR) is 356 cm³/mol. The van der Waals surface area contributed by atoms with E-state index in [1.807, 2.05) is 0 Å². The van der Waals surface area contributed by atoms with E-state index in [0.29, 0.717) is 0 Å². The van der Waals surface area contributed by atoms with Crippen LogP contribution in [0.2, 0.25) is 0 Å². The summed E-state index contributed by atoms with van der Waals surface area (Å²) in [6.07, 6.45) is 0. The fraction of sp³-hybridized carbons (Fsp3) is 0.0250. The molecule has 0 unspecified atom stereocenters. The van der Waals surface area contributed by atoms with Gasteiger partial charge in [-0.05, 0) is 190 Å². The second kappa shape index (κ2) is 21.2. The summed E-state index contributed by atoms with van der Waals surface area (Å²) >= 11 is 0. The van der Waals surface area contributed by atoms with Gasteiger partial charge in [-0.25, -0.2) is 0 Å². The molecule has 0 bridgehead atoms. The van der Waals surface area contributed by atoms with Crippen LogP contribution in [0.3, 0.4) is 0 Å². The highest BCUT2D eigenvalue weighted by Gasteiger charge is 2.21. The van der Waals surface area contributed by atoms with Crippen LogP contribution in [-0.4, -0.2) is 9.13 Å². The lowest BCUT2D eigenvalue weighted by Gasteiger charge is -2.26. The van der Waals surface area contributed by atoms with Gasteiger partial charge in [-0.2, -0.15) is 0 Å². The molecule has 13 aromatic carbocycles. The Hall–Kier alpha value is -10.9. The Balaban J connectivity index is 0.856. The zero-order chi connectivity index (χ0) is 56.1. The van der Waals surface area contributed by atoms with Gasteiger partial charge >= 0.3 is 0 Å². The number of aromatic nitrogens is 2. The van der Waals surface area contributed by atoms with E-state index >= 15 is 0 Å². The number of fused-ring (bicyclic) bond motifs is 4. The molecular weight excluding hydrogens is 1020 g/mol. The molecule has 0 spiro atoms. The Labute approximate surface area is 490 Å². The van der Waals surface area contributed by atoms with Gasteiger partial charge in [0.25, 0.3) is 0 Å². The molecule has 0 aliphatic rings. The van der Waals surface area contributed by atoms with E-state index in [1.165, 1.54) is 54.9 Å². The summed E-state index contributed by atoms with van der Waals surface area (Å²) in [5.41, 5.74) is 22.8. The van der Waals surface area contributed by atoms with Gasteiger partial charge in [0, 0.05) is 56.3 Å². The maximum atomic E-state index is 2.45. The van der Waals surface area contributed by atoms with Gasteiger partial charge in [-0.1, -0.05) is 205 Å². The Bertz CT molecular complexity index is 4530. The standard InChI is InChI=1S/C80H58N4/c1-55-21-25-63(26-22-55)77-51-67-53-80-68(54-79(67)83(77)73-45-41-71(42-46-73)81(75-39-33-59-17-9-11-19-65(59)49-75)69-35-29-61(30-36-69)57-13-5-3-6-14-57)52-78(64-27-23-56(2)24-28-64)84(80)74-47-43-72(44-48-74)82(76-40-34-60-18-10-12-20-66(60)50-76)70-37-31-62(32-38-70)58-15-7-4-8-16-58/h3-54H,1-2H3. The van der Waals surface area contributed by atoms with Crippen LogP contribution in [0.25, 0.3) is 99.5 Å². The maximum absolute atomic E-state index is 2.45. The van der Waals surface area contributed by atoms with Crippen LogP contribution >= 0.6 is 0 Å². The zero-order valence-electron chi connectivity index (χ0n) is 46.8. The van der Waals surface area contributed by atoms with Gasteiger partial charge in [0.1, 0.15) is 0 Å². The SMILES string of the molecule is Cc1ccc(-c2cc3cc4c(cc(-c5ccc(C)cc5)n4-c4ccc(N(c5ccc(-c6ccccc6)cc5)c5ccc6ccccc6c5)cc4)cc3n2-c2ccc(N(c3ccc(-c4ccccc4)cc3)c3ccc4ccccc4c3)cc2)cc1. The molecule has 2 heterocycles. The van der Waals surface area contributed by atoms with Gasteiger partial charge in [-0.3, -0.25) is 0 Å². The lowest BCUT2D eigenvalue weighted by Crippen LogP contribution is -2.10. The fourth-order valence-electron chi connectivity index (χ4n) is 12.2. The molecule has 0 saturated heterocycles. The summed E-state index contributed by atoms with van der Waals surface area (Å²) in [7, 11) is 0. The van der Waals surface area contributed by atoms with Crippen LogP contribution in [0, 0.1) is 13.8 Å². The summed E-state index contributed by atoms with van der Waals surface area (Å²) < 4.78 is 4.90. The molecular formula is C80H58N4. The second-order valence-electron chi connectivity index (χ2n) is 22.0. The van der Waals surface area contributed by atoms with Crippen molar-refractivity contribution in [3.8, 4) is 56.1 Å². The number of hydrogen-bond donors (Lipinski definition) is 0. The molecule has 15 rings (SSSR count). The van der Waals surface area contributed by atoms with Gasteiger partial charge in [0.05, 0.1) is 22.4 Å². The molecule has 84 heavy (non-hydrogen) atoms. The lowest BCUT2D eigenvalue weighted by atomic mass is 10.0. The fourth-order valence-corrected chi connectivity index (χ4v) is 12.2. The molecule has 0 fully saturated rings. The van der Waals surface area contributed by atoms with Crippen molar-refractivity contribution in [2.75, 3.05) is 9.80 Å². The van der Waals surface area contributed by atoms with Crippen molar-refractivity contribution in [2.45, 2.75) is 13.8 Å². The molecule has 15 aromatic rings. The summed E-state index contributed by atoms with van der Waals surface area (Å²) in [5, 5.41) is 7.15. The van der Waals surface area contributed by atoms with E-state index in [4.69, 9.17) is 0 Å². The molecule has 0 atom stereocenters. The van der Waals surface area contributed by atoms with Crippen LogP contribution in [0.15, 0.2) is 315 Å². The third kappa shape index (κ3) is 9.36. The summed E-state index contributed by atoms with van der Waals surface area (Å²) in [6, 6.07) is 115. The van der Waals surface area contributed by atoms with Crippen molar-refractivity contribution in [1.29, 1.82) is 0 Å². The van der Waals surface area contributed by atoms with Crippen molar-refractivity contribution in [2.24, 2.45) is 0 Å². The minimum Gasteiger partial charge on any atom is -0.310 e. The monoisotopic (exact) mass is 1070 g/mol. The van der Waals surface area contributed by atoms with Crippen LogP contribution in [-0.2, 0) is 0 Å². The first-order valence-electron chi connectivity index (χ1n) is 28.9. The van der Waals surface area contributed by atoms with Gasteiger partial charge in [0.15, 0.2) is 0 Å². The third-order valence-corrected chi connectivity index (χ3v) is 16.6. The molecule has 2 aromatic heterocycles. The van der Waals surface area contributed by atoms with E-state index < -0.39 is 0 Å². The van der Waals surface area contributed by atoms with Crippen molar-refractivity contribution in [3.05, 3.63) is 327 Å². The van der Waals surface area contributed by atoms with E-state index in [2.05, 4.69) is 348 Å². The molecule has 0 saturated carbocycles. The summed E-state index contributed by atoms with van der Waals surface area (Å²) in [6.45, 7) is 4.31. The number of anilines is 6. The molecule has 4 nitrogen and oxygen atoms in total. The van der Waals surface area contributed by atoms with Crippen LogP contribution in [0.1, 0.15) is 11.1 Å². The maximum Gasteiger partial charge on any atom is 0.0542 e. The average molecular weight is 1080 g/mol. The lowest BCUT2D eigenvalue weighted by molar-refractivity contribution is 1.13. The molecule has 0 radical (unpaired) electrons.